The first-order valence-corrected chi connectivity index (χ1v) is 6.38. The Hall–Kier alpha value is -1.69. The highest BCUT2D eigenvalue weighted by Gasteiger charge is 2.23. The summed E-state index contributed by atoms with van der Waals surface area (Å²) >= 11 is 0. The molecule has 1 aromatic rings. The predicted molar refractivity (Wildman–Crippen MR) is 71.8 cm³/mol. The van der Waals surface area contributed by atoms with Crippen LogP contribution < -0.4 is 5.32 Å². The maximum Gasteiger partial charge on any atom is 0.272 e. The van der Waals surface area contributed by atoms with Crippen molar-refractivity contribution in [3.8, 4) is 0 Å². The quantitative estimate of drug-likeness (QED) is 0.675. The number of nitrogens with zero attached hydrogens (tertiary/aromatic N) is 2. The largest absolute Gasteiger partial charge is 0.380 e. The number of piperidine rings is 1. The lowest BCUT2D eigenvalue weighted by molar-refractivity contribution is -0.385. The fourth-order valence-electron chi connectivity index (χ4n) is 2.38. The van der Waals surface area contributed by atoms with Gasteiger partial charge in [-0.25, -0.2) is 4.39 Å². The van der Waals surface area contributed by atoms with Gasteiger partial charge in [0, 0.05) is 24.7 Å². The van der Waals surface area contributed by atoms with Gasteiger partial charge in [0.15, 0.2) is 5.82 Å². The summed E-state index contributed by atoms with van der Waals surface area (Å²) in [5.41, 5.74) is 0.118. The van der Waals surface area contributed by atoms with Crippen molar-refractivity contribution in [2.75, 3.05) is 18.9 Å². The van der Waals surface area contributed by atoms with Crippen LogP contribution in [0.5, 0.6) is 0 Å². The van der Waals surface area contributed by atoms with Crippen LogP contribution in [0, 0.1) is 15.9 Å². The third kappa shape index (κ3) is 3.20. The number of hydrogen-bond acceptors (Lipinski definition) is 4. The molecule has 1 aromatic carbocycles. The van der Waals surface area contributed by atoms with Crippen LogP contribution >= 0.6 is 0 Å². The second-order valence-electron chi connectivity index (χ2n) is 5.12. The van der Waals surface area contributed by atoms with Crippen LogP contribution in [0.15, 0.2) is 18.2 Å². The number of nitro groups is 1. The van der Waals surface area contributed by atoms with Gasteiger partial charge in [0.25, 0.3) is 5.69 Å². The maximum atomic E-state index is 13.8. The van der Waals surface area contributed by atoms with Crippen molar-refractivity contribution in [2.45, 2.75) is 31.8 Å². The first-order valence-electron chi connectivity index (χ1n) is 6.38. The normalized spacial score (nSPS) is 24.2. The molecule has 1 N–H and O–H groups in total. The zero-order valence-electron chi connectivity index (χ0n) is 11.1. The van der Waals surface area contributed by atoms with Crippen LogP contribution in [0.4, 0.5) is 15.8 Å². The van der Waals surface area contributed by atoms with Crippen LogP contribution in [-0.2, 0) is 0 Å². The van der Waals surface area contributed by atoms with Gasteiger partial charge >= 0.3 is 0 Å². The molecule has 6 heteroatoms. The van der Waals surface area contributed by atoms with Crippen LogP contribution in [0.2, 0.25) is 0 Å². The molecule has 0 amide bonds. The van der Waals surface area contributed by atoms with E-state index in [1.54, 1.807) is 0 Å². The van der Waals surface area contributed by atoms with Crippen LogP contribution in [-0.4, -0.2) is 35.5 Å². The molecule has 2 unspecified atom stereocenters. The molecule has 1 saturated heterocycles. The van der Waals surface area contributed by atoms with E-state index in [2.05, 4.69) is 24.2 Å². The highest BCUT2D eigenvalue weighted by atomic mass is 19.1. The molecule has 1 aliphatic rings. The molecule has 1 fully saturated rings. The van der Waals surface area contributed by atoms with Gasteiger partial charge in [-0.15, -0.1) is 0 Å². The first-order chi connectivity index (χ1) is 8.97. The number of anilines is 1. The van der Waals surface area contributed by atoms with Crippen molar-refractivity contribution in [1.82, 2.24) is 4.90 Å². The van der Waals surface area contributed by atoms with E-state index in [1.165, 1.54) is 12.1 Å². The fourth-order valence-corrected chi connectivity index (χ4v) is 2.38. The number of rotatable bonds is 3. The molecule has 5 nitrogen and oxygen atoms in total. The third-order valence-electron chi connectivity index (χ3n) is 3.73. The van der Waals surface area contributed by atoms with E-state index >= 15 is 0 Å². The molecule has 0 bridgehead atoms. The van der Waals surface area contributed by atoms with Gasteiger partial charge < -0.3 is 10.2 Å². The highest BCUT2D eigenvalue weighted by molar-refractivity contribution is 5.50. The zero-order valence-corrected chi connectivity index (χ0v) is 11.1. The summed E-state index contributed by atoms with van der Waals surface area (Å²) in [5.74, 6) is -0.569. The molecule has 0 saturated carbocycles. The summed E-state index contributed by atoms with van der Waals surface area (Å²) in [6.45, 7) is 3.10. The summed E-state index contributed by atoms with van der Waals surface area (Å²) in [6.07, 6.45) is 1.88. The monoisotopic (exact) mass is 267 g/mol. The third-order valence-corrected chi connectivity index (χ3v) is 3.73. The Labute approximate surface area is 111 Å². The number of nitro benzene ring substituents is 1. The SMILES string of the molecule is CC1CC(Nc2ccc([N+](=O)[O-])cc2F)CCN1C. The highest BCUT2D eigenvalue weighted by Crippen LogP contribution is 2.24. The molecule has 2 rings (SSSR count). The second kappa shape index (κ2) is 5.52. The van der Waals surface area contributed by atoms with E-state index in [9.17, 15) is 14.5 Å². The van der Waals surface area contributed by atoms with Crippen molar-refractivity contribution < 1.29 is 9.31 Å². The standard InChI is InChI=1S/C13H18FN3O2/c1-9-7-10(5-6-16(9)2)15-13-4-3-11(17(18)19)8-12(13)14/h3-4,8-10,15H,5-7H2,1-2H3. The molecule has 1 aliphatic heterocycles. The lowest BCUT2D eigenvalue weighted by atomic mass is 9.98. The summed E-state index contributed by atoms with van der Waals surface area (Å²) in [7, 11) is 2.08. The molecular formula is C13H18FN3O2. The Bertz CT molecular complexity index is 481. The Morgan fingerprint density at radius 3 is 2.84 bits per heavy atom. The average molecular weight is 267 g/mol. The summed E-state index contributed by atoms with van der Waals surface area (Å²) in [5, 5.41) is 13.7. The fraction of sp³-hybridized carbons (Fsp3) is 0.538. The van der Waals surface area contributed by atoms with Gasteiger partial charge in [0.2, 0.25) is 0 Å². The van der Waals surface area contributed by atoms with Crippen molar-refractivity contribution in [3.05, 3.63) is 34.1 Å². The van der Waals surface area contributed by atoms with Crippen molar-refractivity contribution >= 4 is 11.4 Å². The van der Waals surface area contributed by atoms with Gasteiger partial charge in [0.05, 0.1) is 16.7 Å². The van der Waals surface area contributed by atoms with Gasteiger partial charge in [0.1, 0.15) is 0 Å². The summed E-state index contributed by atoms with van der Waals surface area (Å²) in [6, 6.07) is 4.38. The minimum absolute atomic E-state index is 0.210. The number of halogens is 1. The van der Waals surface area contributed by atoms with Gasteiger partial charge in [-0.2, -0.15) is 0 Å². The number of benzene rings is 1. The minimum Gasteiger partial charge on any atom is -0.380 e. The molecule has 0 aliphatic carbocycles. The number of nitrogens with one attached hydrogen (secondary N) is 1. The van der Waals surface area contributed by atoms with Gasteiger partial charge in [-0.05, 0) is 32.9 Å². The number of hydrogen-bond donors (Lipinski definition) is 1. The van der Waals surface area contributed by atoms with Gasteiger partial charge in [-0.1, -0.05) is 0 Å². The van der Waals surface area contributed by atoms with Gasteiger partial charge in [-0.3, -0.25) is 10.1 Å². The first kappa shape index (κ1) is 13.7. The molecule has 104 valence electrons. The van der Waals surface area contributed by atoms with E-state index in [0.717, 1.165) is 25.5 Å². The molecule has 1 heterocycles. The molecular weight excluding hydrogens is 249 g/mol. The maximum absolute atomic E-state index is 13.8. The summed E-state index contributed by atoms with van der Waals surface area (Å²) < 4.78 is 13.8. The van der Waals surface area contributed by atoms with E-state index in [0.29, 0.717) is 11.7 Å². The molecule has 0 aromatic heterocycles. The molecule has 0 spiro atoms. The topological polar surface area (TPSA) is 58.4 Å². The minimum atomic E-state index is -0.593. The van der Waals surface area contributed by atoms with Crippen LogP contribution in [0.25, 0.3) is 0 Å². The Kier molecular flexibility index (Phi) is 3.99. The number of likely N-dealkylation sites (tertiary alicyclic amines) is 1. The zero-order chi connectivity index (χ0) is 14.0. The number of non-ortho nitro benzene ring substituents is 1. The van der Waals surface area contributed by atoms with E-state index in [4.69, 9.17) is 0 Å². The van der Waals surface area contributed by atoms with E-state index in [-0.39, 0.29) is 11.7 Å². The van der Waals surface area contributed by atoms with Crippen molar-refractivity contribution in [3.63, 3.8) is 0 Å². The van der Waals surface area contributed by atoms with Crippen molar-refractivity contribution in [1.29, 1.82) is 0 Å². The van der Waals surface area contributed by atoms with Crippen molar-refractivity contribution in [2.24, 2.45) is 0 Å². The average Bonchev–Trinajstić information content (AvgIpc) is 2.36. The Morgan fingerprint density at radius 1 is 1.53 bits per heavy atom. The lowest BCUT2D eigenvalue weighted by Crippen LogP contribution is -2.42. The van der Waals surface area contributed by atoms with E-state index in [1.807, 2.05) is 0 Å². The Morgan fingerprint density at radius 2 is 2.26 bits per heavy atom. The molecule has 2 atom stereocenters. The predicted octanol–water partition coefficient (Wildman–Crippen LogP) is 2.63. The van der Waals surface area contributed by atoms with Crippen LogP contribution in [0.3, 0.4) is 0 Å². The Balaban J connectivity index is 2.05. The van der Waals surface area contributed by atoms with E-state index < -0.39 is 10.7 Å². The van der Waals surface area contributed by atoms with Crippen LogP contribution in [0.1, 0.15) is 19.8 Å². The lowest BCUT2D eigenvalue weighted by Gasteiger charge is -2.35. The molecule has 19 heavy (non-hydrogen) atoms. The second-order valence-corrected chi connectivity index (χ2v) is 5.12. The summed E-state index contributed by atoms with van der Waals surface area (Å²) in [4.78, 5) is 12.2. The molecule has 0 radical (unpaired) electrons. The smallest absolute Gasteiger partial charge is 0.272 e.